The zero-order valence-electron chi connectivity index (χ0n) is 4.71. The highest BCUT2D eigenvalue weighted by atomic mass is 15.3. The first-order chi connectivity index (χ1) is 3.41. The van der Waals surface area contributed by atoms with E-state index >= 15 is 0 Å². The third-order valence-corrected chi connectivity index (χ3v) is 0.530. The minimum absolute atomic E-state index is 0.715. The lowest BCUT2D eigenvalue weighted by Crippen LogP contribution is -2.27. The summed E-state index contributed by atoms with van der Waals surface area (Å²) in [6, 6.07) is 0. The quantitative estimate of drug-likeness (QED) is 0.282. The molecule has 0 aliphatic carbocycles. The van der Waals surface area contributed by atoms with Gasteiger partial charge in [0.05, 0.1) is 6.54 Å². The van der Waals surface area contributed by atoms with Crippen molar-refractivity contribution in [3.63, 3.8) is 0 Å². The molecule has 0 aromatic heterocycles. The van der Waals surface area contributed by atoms with Crippen LogP contribution >= 0.6 is 0 Å². The number of hydrogen-bond donors (Lipinski definition) is 2. The van der Waals surface area contributed by atoms with Crippen molar-refractivity contribution >= 4 is 0 Å². The summed E-state index contributed by atoms with van der Waals surface area (Å²) in [5.41, 5.74) is 5.58. The summed E-state index contributed by atoms with van der Waals surface area (Å²) in [4.78, 5) is 0. The van der Waals surface area contributed by atoms with E-state index in [-0.39, 0.29) is 0 Å². The van der Waals surface area contributed by atoms with E-state index in [1.54, 1.807) is 0 Å². The second-order valence-electron chi connectivity index (χ2n) is 1.03. The van der Waals surface area contributed by atoms with Crippen LogP contribution in [0.5, 0.6) is 0 Å². The lowest BCUT2D eigenvalue weighted by Gasteiger charge is -1.90. The number of rotatable bonds is 2. The molecule has 0 saturated carbocycles. The molecule has 0 radical (unpaired) electrons. The highest BCUT2D eigenvalue weighted by Gasteiger charge is 1.65. The van der Waals surface area contributed by atoms with Gasteiger partial charge in [-0.05, 0) is 14.0 Å². The van der Waals surface area contributed by atoms with E-state index in [1.807, 2.05) is 14.0 Å². The van der Waals surface area contributed by atoms with E-state index in [4.69, 9.17) is 0 Å². The van der Waals surface area contributed by atoms with Crippen molar-refractivity contribution in [2.75, 3.05) is 13.6 Å². The molecule has 0 spiro atoms. The Morgan fingerprint density at radius 1 is 1.57 bits per heavy atom. The number of nitrogens with one attached hydrogen (secondary N) is 2. The third-order valence-electron chi connectivity index (χ3n) is 0.530. The second kappa shape index (κ2) is 5.48. The van der Waals surface area contributed by atoms with Gasteiger partial charge in [-0.15, -0.1) is 5.92 Å². The monoisotopic (exact) mass is 98.1 g/mol. The van der Waals surface area contributed by atoms with Gasteiger partial charge < -0.3 is 0 Å². The lowest BCUT2D eigenvalue weighted by atomic mass is 10.6. The normalized spacial score (nSPS) is 7.14. The summed E-state index contributed by atoms with van der Waals surface area (Å²) < 4.78 is 0. The van der Waals surface area contributed by atoms with E-state index in [1.165, 1.54) is 0 Å². The van der Waals surface area contributed by atoms with Crippen LogP contribution in [0.4, 0.5) is 0 Å². The van der Waals surface area contributed by atoms with Crippen molar-refractivity contribution in [3.05, 3.63) is 0 Å². The summed E-state index contributed by atoms with van der Waals surface area (Å²) >= 11 is 0. The zero-order valence-corrected chi connectivity index (χ0v) is 4.71. The van der Waals surface area contributed by atoms with Gasteiger partial charge in [-0.1, -0.05) is 5.92 Å². The molecule has 0 heterocycles. The fourth-order valence-electron chi connectivity index (χ4n) is 0.221. The first-order valence-corrected chi connectivity index (χ1v) is 2.21. The number of hydrogen-bond acceptors (Lipinski definition) is 2. The molecule has 2 heteroatoms. The Labute approximate surface area is 44.3 Å². The van der Waals surface area contributed by atoms with Crippen LogP contribution in [0.1, 0.15) is 6.92 Å². The van der Waals surface area contributed by atoms with E-state index in [0.717, 1.165) is 0 Å². The van der Waals surface area contributed by atoms with Gasteiger partial charge in [-0.2, -0.15) is 0 Å². The second-order valence-corrected chi connectivity index (χ2v) is 1.03. The van der Waals surface area contributed by atoms with Gasteiger partial charge in [0, 0.05) is 0 Å². The van der Waals surface area contributed by atoms with Crippen molar-refractivity contribution in [3.8, 4) is 11.8 Å². The molecule has 0 aromatic rings. The SMILES string of the molecule is CC#CCNNC. The van der Waals surface area contributed by atoms with Gasteiger partial charge in [0.2, 0.25) is 0 Å². The molecule has 0 unspecified atom stereocenters. The first-order valence-electron chi connectivity index (χ1n) is 2.21. The van der Waals surface area contributed by atoms with E-state index in [0.29, 0.717) is 6.54 Å². The molecule has 0 atom stereocenters. The van der Waals surface area contributed by atoms with Crippen molar-refractivity contribution in [1.29, 1.82) is 0 Å². The molecule has 2 nitrogen and oxygen atoms in total. The van der Waals surface area contributed by atoms with Crippen LogP contribution < -0.4 is 10.9 Å². The van der Waals surface area contributed by atoms with Crippen LogP contribution in [0.15, 0.2) is 0 Å². The van der Waals surface area contributed by atoms with Crippen LogP contribution in [0.2, 0.25) is 0 Å². The molecule has 0 bridgehead atoms. The van der Waals surface area contributed by atoms with Gasteiger partial charge in [0.15, 0.2) is 0 Å². The minimum Gasteiger partial charge on any atom is -0.260 e. The molecule has 0 amide bonds. The Morgan fingerprint density at radius 3 is 2.71 bits per heavy atom. The maximum absolute atomic E-state index is 2.83. The van der Waals surface area contributed by atoms with Crippen LogP contribution in [0, 0.1) is 11.8 Å². The topological polar surface area (TPSA) is 24.1 Å². The molecule has 0 aliphatic rings. The zero-order chi connectivity index (χ0) is 5.54. The van der Waals surface area contributed by atoms with Crippen molar-refractivity contribution in [2.45, 2.75) is 6.92 Å². The molecule has 40 valence electrons. The summed E-state index contributed by atoms with van der Waals surface area (Å²) in [5.74, 6) is 5.58. The van der Waals surface area contributed by atoms with Crippen LogP contribution in [-0.2, 0) is 0 Å². The average Bonchev–Trinajstić information content (AvgIpc) is 1.69. The predicted molar refractivity (Wildman–Crippen MR) is 30.5 cm³/mol. The molecule has 0 aromatic carbocycles. The standard InChI is InChI=1S/C5H10N2/c1-3-4-5-7-6-2/h6-7H,5H2,1-2H3. The minimum atomic E-state index is 0.715. The van der Waals surface area contributed by atoms with Gasteiger partial charge in [-0.3, -0.25) is 5.43 Å². The first kappa shape index (κ1) is 6.48. The van der Waals surface area contributed by atoms with Crippen molar-refractivity contribution in [2.24, 2.45) is 0 Å². The molecule has 2 N–H and O–H groups in total. The fraction of sp³-hybridized carbons (Fsp3) is 0.600. The van der Waals surface area contributed by atoms with Crippen molar-refractivity contribution in [1.82, 2.24) is 10.9 Å². The Balaban J connectivity index is 2.78. The Morgan fingerprint density at radius 2 is 2.29 bits per heavy atom. The maximum Gasteiger partial charge on any atom is 0.0711 e. The predicted octanol–water partition coefficient (Wildman–Crippen LogP) is -0.266. The Bertz CT molecular complexity index is 77.8. The summed E-state index contributed by atoms with van der Waals surface area (Å²) in [5, 5.41) is 0. The molecule has 7 heavy (non-hydrogen) atoms. The van der Waals surface area contributed by atoms with Crippen LogP contribution in [0.3, 0.4) is 0 Å². The Hall–Kier alpha value is -0.520. The average molecular weight is 98.1 g/mol. The highest BCUT2D eigenvalue weighted by molar-refractivity contribution is 4.96. The molecule has 0 fully saturated rings. The summed E-state index contributed by atoms with van der Waals surface area (Å²) in [7, 11) is 1.82. The van der Waals surface area contributed by atoms with Crippen LogP contribution in [-0.4, -0.2) is 13.6 Å². The smallest absolute Gasteiger partial charge is 0.0711 e. The van der Waals surface area contributed by atoms with E-state index in [9.17, 15) is 0 Å². The van der Waals surface area contributed by atoms with Gasteiger partial charge >= 0.3 is 0 Å². The van der Waals surface area contributed by atoms with Gasteiger partial charge in [-0.25, -0.2) is 5.43 Å². The molecular formula is C5H10N2. The van der Waals surface area contributed by atoms with Gasteiger partial charge in [0.1, 0.15) is 0 Å². The summed E-state index contributed by atoms with van der Waals surface area (Å²) in [6.07, 6.45) is 0. The maximum atomic E-state index is 2.83. The number of hydrazine groups is 1. The fourth-order valence-corrected chi connectivity index (χ4v) is 0.221. The van der Waals surface area contributed by atoms with E-state index < -0.39 is 0 Å². The molecule has 0 aliphatic heterocycles. The Kier molecular flexibility index (Phi) is 5.07. The molecule has 0 saturated heterocycles. The molecular weight excluding hydrogens is 88.1 g/mol. The third kappa shape index (κ3) is 5.48. The summed E-state index contributed by atoms with van der Waals surface area (Å²) in [6.45, 7) is 2.53. The van der Waals surface area contributed by atoms with Crippen LogP contribution in [0.25, 0.3) is 0 Å². The van der Waals surface area contributed by atoms with Crippen molar-refractivity contribution < 1.29 is 0 Å². The molecule has 0 rings (SSSR count). The highest BCUT2D eigenvalue weighted by Crippen LogP contribution is 1.47. The van der Waals surface area contributed by atoms with Gasteiger partial charge in [0.25, 0.3) is 0 Å². The lowest BCUT2D eigenvalue weighted by molar-refractivity contribution is 0.654. The largest absolute Gasteiger partial charge is 0.260 e. The van der Waals surface area contributed by atoms with E-state index in [2.05, 4.69) is 22.7 Å².